The van der Waals surface area contributed by atoms with E-state index in [0.717, 1.165) is 12.8 Å². The number of amides is 3. The number of nitrogens with zero attached hydrogens (tertiary/aromatic N) is 2. The van der Waals surface area contributed by atoms with Crippen molar-refractivity contribution in [2.75, 3.05) is 18.5 Å². The molecule has 0 bridgehead atoms. The molecule has 0 spiro atoms. The van der Waals surface area contributed by atoms with E-state index in [1.165, 1.54) is 23.2 Å². The summed E-state index contributed by atoms with van der Waals surface area (Å²) in [5, 5.41) is 2.71. The third kappa shape index (κ3) is 2.97. The van der Waals surface area contributed by atoms with Gasteiger partial charge in [-0.3, -0.25) is 24.3 Å². The lowest BCUT2D eigenvalue weighted by atomic mass is 10.1. The predicted octanol–water partition coefficient (Wildman–Crippen LogP) is 2.11. The molecule has 0 radical (unpaired) electrons. The van der Waals surface area contributed by atoms with E-state index in [9.17, 15) is 14.4 Å². The third-order valence-electron chi connectivity index (χ3n) is 4.56. The highest BCUT2D eigenvalue weighted by Crippen LogP contribution is 2.26. The summed E-state index contributed by atoms with van der Waals surface area (Å²) in [6.07, 6.45) is 4.81. The van der Waals surface area contributed by atoms with Crippen LogP contribution in [-0.4, -0.2) is 46.9 Å². The number of carbonyl (C=O) groups excluding carboxylic acids is 3. The molecule has 4 rings (SSSR count). The van der Waals surface area contributed by atoms with Crippen LogP contribution in [0, 0.1) is 0 Å². The summed E-state index contributed by atoms with van der Waals surface area (Å²) in [6.45, 7) is 0.913. The predicted molar refractivity (Wildman–Crippen MR) is 93.0 cm³/mol. The molecule has 1 saturated heterocycles. The van der Waals surface area contributed by atoms with Gasteiger partial charge >= 0.3 is 0 Å². The first-order valence-electron chi connectivity index (χ1n) is 8.47. The maximum absolute atomic E-state index is 12.6. The largest absolute Gasteiger partial charge is 0.376 e. The summed E-state index contributed by atoms with van der Waals surface area (Å²) < 4.78 is 5.52. The van der Waals surface area contributed by atoms with Gasteiger partial charge < -0.3 is 10.1 Å². The molecule has 2 aliphatic heterocycles. The number of hydrogen-bond donors (Lipinski definition) is 1. The second kappa shape index (κ2) is 6.68. The Bertz CT molecular complexity index is 876. The van der Waals surface area contributed by atoms with Gasteiger partial charge in [-0.15, -0.1) is 0 Å². The minimum absolute atomic E-state index is 0.106. The fourth-order valence-electron chi connectivity index (χ4n) is 3.23. The van der Waals surface area contributed by atoms with E-state index in [2.05, 4.69) is 10.3 Å². The van der Waals surface area contributed by atoms with Crippen molar-refractivity contribution in [3.63, 3.8) is 0 Å². The highest BCUT2D eigenvalue weighted by molar-refractivity contribution is 6.22. The number of nitrogens with one attached hydrogen (secondary N) is 1. The van der Waals surface area contributed by atoms with E-state index >= 15 is 0 Å². The lowest BCUT2D eigenvalue weighted by Gasteiger charge is -2.17. The highest BCUT2D eigenvalue weighted by Gasteiger charge is 2.37. The zero-order valence-corrected chi connectivity index (χ0v) is 14.0. The fourth-order valence-corrected chi connectivity index (χ4v) is 3.23. The van der Waals surface area contributed by atoms with Crippen LogP contribution < -0.4 is 5.32 Å². The standard InChI is InChI=1S/C19H17N3O4/c23-17(21-13-3-1-7-20-10-13)12-5-6-15-16(9-12)19(25)22(18(15)24)11-14-4-2-8-26-14/h1,3,5-7,9-10,14H,2,4,8,11H2,(H,21,23)/t14-/m0/s1. The van der Waals surface area contributed by atoms with Crippen LogP contribution in [0.5, 0.6) is 0 Å². The Kier molecular flexibility index (Phi) is 4.22. The summed E-state index contributed by atoms with van der Waals surface area (Å²) in [6, 6.07) is 7.98. The summed E-state index contributed by atoms with van der Waals surface area (Å²) >= 11 is 0. The molecule has 1 N–H and O–H groups in total. The third-order valence-corrected chi connectivity index (χ3v) is 4.56. The molecule has 1 aromatic carbocycles. The second-order valence-corrected chi connectivity index (χ2v) is 6.31. The number of fused-ring (bicyclic) bond motifs is 1. The SMILES string of the molecule is O=C(Nc1cccnc1)c1ccc2c(c1)C(=O)N(C[C@@H]1CCCO1)C2=O. The number of carbonyl (C=O) groups is 3. The molecule has 1 atom stereocenters. The maximum atomic E-state index is 12.6. The number of ether oxygens (including phenoxy) is 1. The van der Waals surface area contributed by atoms with Gasteiger partial charge in [-0.05, 0) is 43.2 Å². The molecule has 3 amide bonds. The normalized spacial score (nSPS) is 18.9. The molecule has 2 aliphatic rings. The molecule has 26 heavy (non-hydrogen) atoms. The van der Waals surface area contributed by atoms with Crippen LogP contribution in [-0.2, 0) is 4.74 Å². The van der Waals surface area contributed by atoms with Crippen LogP contribution >= 0.6 is 0 Å². The Labute approximate surface area is 150 Å². The van der Waals surface area contributed by atoms with Gasteiger partial charge in [0.2, 0.25) is 0 Å². The first kappa shape index (κ1) is 16.4. The molecule has 132 valence electrons. The number of imide groups is 1. The summed E-state index contributed by atoms with van der Waals surface area (Å²) in [5.74, 6) is -1.07. The van der Waals surface area contributed by atoms with Crippen LogP contribution in [0.3, 0.4) is 0 Å². The molecule has 7 nitrogen and oxygen atoms in total. The second-order valence-electron chi connectivity index (χ2n) is 6.31. The summed E-state index contributed by atoms with van der Waals surface area (Å²) in [7, 11) is 0. The van der Waals surface area contributed by atoms with Gasteiger partial charge in [-0.25, -0.2) is 0 Å². The minimum Gasteiger partial charge on any atom is -0.376 e. The Morgan fingerprint density at radius 3 is 2.81 bits per heavy atom. The van der Waals surface area contributed by atoms with Gasteiger partial charge in [0.1, 0.15) is 0 Å². The first-order chi connectivity index (χ1) is 12.6. The van der Waals surface area contributed by atoms with Crippen LogP contribution in [0.1, 0.15) is 43.9 Å². The minimum atomic E-state index is -0.378. The van der Waals surface area contributed by atoms with Crippen molar-refractivity contribution >= 4 is 23.4 Å². The van der Waals surface area contributed by atoms with Gasteiger partial charge in [-0.1, -0.05) is 0 Å². The van der Waals surface area contributed by atoms with E-state index in [-0.39, 0.29) is 35.9 Å². The average Bonchev–Trinajstić information content (AvgIpc) is 3.25. The fraction of sp³-hybridized carbons (Fsp3) is 0.263. The van der Waals surface area contributed by atoms with E-state index in [1.54, 1.807) is 24.4 Å². The van der Waals surface area contributed by atoms with Crippen molar-refractivity contribution in [3.8, 4) is 0 Å². The van der Waals surface area contributed by atoms with Crippen LogP contribution in [0.25, 0.3) is 0 Å². The van der Waals surface area contributed by atoms with Gasteiger partial charge in [-0.2, -0.15) is 0 Å². The maximum Gasteiger partial charge on any atom is 0.261 e. The zero-order valence-electron chi connectivity index (χ0n) is 14.0. The van der Waals surface area contributed by atoms with Crippen molar-refractivity contribution in [2.45, 2.75) is 18.9 Å². The van der Waals surface area contributed by atoms with E-state index in [4.69, 9.17) is 4.74 Å². The van der Waals surface area contributed by atoms with E-state index in [0.29, 0.717) is 23.4 Å². The highest BCUT2D eigenvalue weighted by atomic mass is 16.5. The quantitative estimate of drug-likeness (QED) is 0.852. The van der Waals surface area contributed by atoms with Gasteiger partial charge in [0.05, 0.1) is 35.7 Å². The number of hydrogen-bond acceptors (Lipinski definition) is 5. The summed E-state index contributed by atoms with van der Waals surface area (Å²) in [4.78, 5) is 42.7. The molecule has 3 heterocycles. The smallest absolute Gasteiger partial charge is 0.261 e. The Morgan fingerprint density at radius 1 is 1.23 bits per heavy atom. The lowest BCUT2D eigenvalue weighted by molar-refractivity contribution is 0.0475. The Balaban J connectivity index is 1.54. The number of anilines is 1. The van der Waals surface area contributed by atoms with Crippen molar-refractivity contribution in [3.05, 3.63) is 59.4 Å². The van der Waals surface area contributed by atoms with Crippen molar-refractivity contribution in [2.24, 2.45) is 0 Å². The number of rotatable bonds is 4. The molecular weight excluding hydrogens is 334 g/mol. The van der Waals surface area contributed by atoms with Crippen molar-refractivity contribution < 1.29 is 19.1 Å². The van der Waals surface area contributed by atoms with Gasteiger partial charge in [0, 0.05) is 18.4 Å². The first-order valence-corrected chi connectivity index (χ1v) is 8.47. The summed E-state index contributed by atoms with van der Waals surface area (Å²) in [5.41, 5.74) is 1.45. The van der Waals surface area contributed by atoms with E-state index < -0.39 is 0 Å². The molecule has 2 aromatic rings. The van der Waals surface area contributed by atoms with Gasteiger partial charge in [0.15, 0.2) is 0 Å². The monoisotopic (exact) mass is 351 g/mol. The number of pyridine rings is 1. The Hall–Kier alpha value is -3.06. The molecule has 1 aromatic heterocycles. The van der Waals surface area contributed by atoms with Crippen molar-refractivity contribution in [1.29, 1.82) is 0 Å². The molecule has 7 heteroatoms. The molecule has 0 saturated carbocycles. The molecule has 0 unspecified atom stereocenters. The topological polar surface area (TPSA) is 88.6 Å². The van der Waals surface area contributed by atoms with Crippen molar-refractivity contribution in [1.82, 2.24) is 9.88 Å². The Morgan fingerprint density at radius 2 is 2.08 bits per heavy atom. The lowest BCUT2D eigenvalue weighted by Crippen LogP contribution is -2.36. The average molecular weight is 351 g/mol. The van der Waals surface area contributed by atoms with E-state index in [1.807, 2.05) is 0 Å². The number of benzene rings is 1. The number of aromatic nitrogens is 1. The van der Waals surface area contributed by atoms with Gasteiger partial charge in [0.25, 0.3) is 17.7 Å². The van der Waals surface area contributed by atoms with Crippen LogP contribution in [0.2, 0.25) is 0 Å². The molecule has 0 aliphatic carbocycles. The molecular formula is C19H17N3O4. The van der Waals surface area contributed by atoms with Crippen LogP contribution in [0.4, 0.5) is 5.69 Å². The molecule has 1 fully saturated rings. The zero-order chi connectivity index (χ0) is 18.1. The van der Waals surface area contributed by atoms with Crippen LogP contribution in [0.15, 0.2) is 42.7 Å².